The molecule has 262 valence electrons. The summed E-state index contributed by atoms with van der Waals surface area (Å²) in [6.07, 6.45) is 0. The lowest BCUT2D eigenvalue weighted by atomic mass is 10.0. The number of nitrogens with zero attached hydrogens (tertiary/aromatic N) is 4. The van der Waals surface area contributed by atoms with Gasteiger partial charge in [0.2, 0.25) is 0 Å². The van der Waals surface area contributed by atoms with Crippen LogP contribution in [-0.4, -0.2) is 19.5 Å². The van der Waals surface area contributed by atoms with Crippen LogP contribution in [-0.2, 0) is 0 Å². The molecular weight excluding hydrogens is 701 g/mol. The largest absolute Gasteiger partial charge is 0.309 e. The van der Waals surface area contributed by atoms with Crippen molar-refractivity contribution in [1.82, 2.24) is 19.5 Å². The monoisotopic (exact) mass is 732 g/mol. The molecule has 0 spiro atoms. The Morgan fingerprint density at radius 1 is 0.339 bits per heavy atom. The fraction of sp³-hybridized carbons (Fsp3) is 0. The highest BCUT2D eigenvalue weighted by Gasteiger charge is 2.19. The standard InChI is InChI=1S/C51H32N4S/c1-4-14-33(15-5-1)35-18-12-19-37(30-35)50-52-49(34-16-6-2-7-17-34)53-51(54-50)38-26-28-41-44-31-36(27-29-45(44)55(46(41)32-38)39-20-8-3-9-21-39)40-23-13-24-43-42-22-10-11-25-47(42)56-48(40)43/h1-32H. The van der Waals surface area contributed by atoms with E-state index in [9.17, 15) is 0 Å². The minimum Gasteiger partial charge on any atom is -0.309 e. The number of para-hydroxylation sites is 1. The summed E-state index contributed by atoms with van der Waals surface area (Å²) in [6, 6.07) is 68.6. The number of benzene rings is 8. The summed E-state index contributed by atoms with van der Waals surface area (Å²) in [5.74, 6) is 1.90. The molecule has 0 atom stereocenters. The Morgan fingerprint density at radius 3 is 1.71 bits per heavy atom. The van der Waals surface area contributed by atoms with E-state index in [1.165, 1.54) is 42.1 Å². The van der Waals surface area contributed by atoms with Crippen LogP contribution in [0.2, 0.25) is 0 Å². The van der Waals surface area contributed by atoms with Crippen molar-refractivity contribution in [3.63, 3.8) is 0 Å². The van der Waals surface area contributed by atoms with Crippen LogP contribution in [0.3, 0.4) is 0 Å². The van der Waals surface area contributed by atoms with E-state index < -0.39 is 0 Å². The smallest absolute Gasteiger partial charge is 0.164 e. The molecule has 4 nitrogen and oxygen atoms in total. The molecule has 0 radical (unpaired) electrons. The minimum absolute atomic E-state index is 0.628. The summed E-state index contributed by atoms with van der Waals surface area (Å²) in [4.78, 5) is 15.3. The minimum atomic E-state index is 0.628. The van der Waals surface area contributed by atoms with Crippen molar-refractivity contribution in [1.29, 1.82) is 0 Å². The molecule has 0 saturated heterocycles. The molecule has 0 aliphatic rings. The van der Waals surface area contributed by atoms with E-state index >= 15 is 0 Å². The Balaban J connectivity index is 1.11. The van der Waals surface area contributed by atoms with Crippen LogP contribution in [0.25, 0.3) is 104 Å². The molecule has 0 aliphatic heterocycles. The number of thiophene rings is 1. The average molecular weight is 733 g/mol. The Hall–Kier alpha value is -7.21. The molecule has 3 heterocycles. The summed E-state index contributed by atoms with van der Waals surface area (Å²) in [7, 11) is 0. The zero-order valence-corrected chi connectivity index (χ0v) is 31.0. The fourth-order valence-corrected chi connectivity index (χ4v) is 9.21. The van der Waals surface area contributed by atoms with E-state index in [-0.39, 0.29) is 0 Å². The van der Waals surface area contributed by atoms with Gasteiger partial charge in [0.05, 0.1) is 11.0 Å². The Labute approximate surface area is 327 Å². The maximum atomic E-state index is 5.17. The van der Waals surface area contributed by atoms with Crippen LogP contribution in [0.15, 0.2) is 194 Å². The van der Waals surface area contributed by atoms with Gasteiger partial charge in [-0.2, -0.15) is 0 Å². The molecule has 0 unspecified atom stereocenters. The molecule has 5 heteroatoms. The molecule has 11 rings (SSSR count). The molecular formula is C51H32N4S. The van der Waals surface area contributed by atoms with Gasteiger partial charge in [0, 0.05) is 53.3 Å². The highest BCUT2D eigenvalue weighted by atomic mass is 32.1. The van der Waals surface area contributed by atoms with Gasteiger partial charge in [-0.15, -0.1) is 11.3 Å². The summed E-state index contributed by atoms with van der Waals surface area (Å²) in [5, 5.41) is 4.98. The lowest BCUT2D eigenvalue weighted by Crippen LogP contribution is -2.00. The summed E-state index contributed by atoms with van der Waals surface area (Å²) in [6.45, 7) is 0. The first kappa shape index (κ1) is 32.2. The lowest BCUT2D eigenvalue weighted by molar-refractivity contribution is 1.07. The molecule has 0 N–H and O–H groups in total. The first-order valence-electron chi connectivity index (χ1n) is 18.8. The van der Waals surface area contributed by atoms with Crippen molar-refractivity contribution in [3.8, 4) is 62.1 Å². The van der Waals surface area contributed by atoms with Gasteiger partial charge in [0.1, 0.15) is 0 Å². The third-order valence-electron chi connectivity index (χ3n) is 10.6. The van der Waals surface area contributed by atoms with Crippen LogP contribution in [0, 0.1) is 0 Å². The average Bonchev–Trinajstić information content (AvgIpc) is 3.82. The Bertz CT molecular complexity index is 3240. The molecule has 0 saturated carbocycles. The molecule has 0 aliphatic carbocycles. The van der Waals surface area contributed by atoms with E-state index in [4.69, 9.17) is 15.0 Å². The summed E-state index contributed by atoms with van der Waals surface area (Å²) in [5.41, 5.74) is 10.9. The van der Waals surface area contributed by atoms with Crippen LogP contribution < -0.4 is 0 Å². The second-order valence-electron chi connectivity index (χ2n) is 14.0. The number of hydrogen-bond acceptors (Lipinski definition) is 4. The Morgan fingerprint density at radius 2 is 0.929 bits per heavy atom. The Kier molecular flexibility index (Phi) is 7.64. The van der Waals surface area contributed by atoms with E-state index in [2.05, 4.69) is 174 Å². The van der Waals surface area contributed by atoms with Gasteiger partial charge in [-0.3, -0.25) is 0 Å². The molecule has 0 amide bonds. The van der Waals surface area contributed by atoms with E-state index in [1.807, 2.05) is 35.6 Å². The van der Waals surface area contributed by atoms with Crippen molar-refractivity contribution in [2.24, 2.45) is 0 Å². The van der Waals surface area contributed by atoms with Crippen LogP contribution in [0.4, 0.5) is 0 Å². The molecule has 3 aromatic heterocycles. The summed E-state index contributed by atoms with van der Waals surface area (Å²) < 4.78 is 4.99. The predicted octanol–water partition coefficient (Wildman–Crippen LogP) is 13.7. The van der Waals surface area contributed by atoms with E-state index in [0.717, 1.165) is 44.5 Å². The van der Waals surface area contributed by atoms with Gasteiger partial charge in [0.25, 0.3) is 0 Å². The van der Waals surface area contributed by atoms with Crippen molar-refractivity contribution >= 4 is 53.3 Å². The molecule has 0 bridgehead atoms. The normalized spacial score (nSPS) is 11.6. The molecule has 56 heavy (non-hydrogen) atoms. The lowest BCUT2D eigenvalue weighted by Gasteiger charge is -2.11. The predicted molar refractivity (Wildman–Crippen MR) is 234 cm³/mol. The van der Waals surface area contributed by atoms with Crippen molar-refractivity contribution in [2.45, 2.75) is 0 Å². The van der Waals surface area contributed by atoms with Crippen LogP contribution in [0.5, 0.6) is 0 Å². The second kappa shape index (κ2) is 13.3. The number of rotatable bonds is 6. The van der Waals surface area contributed by atoms with Gasteiger partial charge < -0.3 is 4.57 Å². The third kappa shape index (κ3) is 5.48. The number of aromatic nitrogens is 4. The highest BCUT2D eigenvalue weighted by Crippen LogP contribution is 2.42. The fourth-order valence-electron chi connectivity index (χ4n) is 7.98. The van der Waals surface area contributed by atoms with Crippen molar-refractivity contribution in [3.05, 3.63) is 194 Å². The highest BCUT2D eigenvalue weighted by molar-refractivity contribution is 7.26. The number of fused-ring (bicyclic) bond motifs is 6. The maximum absolute atomic E-state index is 5.17. The first-order chi connectivity index (χ1) is 27.7. The molecule has 0 fully saturated rings. The SMILES string of the molecule is c1ccc(-c2cccc(-c3nc(-c4ccccc4)nc(-c4ccc5c6cc(-c7cccc8c7sc7ccccc78)ccc6n(-c6ccccc6)c5c4)n3)c2)cc1. The summed E-state index contributed by atoms with van der Waals surface area (Å²) >= 11 is 1.87. The third-order valence-corrected chi connectivity index (χ3v) is 11.9. The van der Waals surface area contributed by atoms with Crippen LogP contribution in [0.1, 0.15) is 0 Å². The topological polar surface area (TPSA) is 43.6 Å². The quantitative estimate of drug-likeness (QED) is 0.171. The van der Waals surface area contributed by atoms with Crippen molar-refractivity contribution < 1.29 is 0 Å². The molecule has 11 aromatic rings. The van der Waals surface area contributed by atoms with Gasteiger partial charge >= 0.3 is 0 Å². The van der Waals surface area contributed by atoms with Gasteiger partial charge in [-0.25, -0.2) is 15.0 Å². The van der Waals surface area contributed by atoms with Crippen LogP contribution >= 0.6 is 11.3 Å². The van der Waals surface area contributed by atoms with Gasteiger partial charge in [0.15, 0.2) is 17.5 Å². The maximum Gasteiger partial charge on any atom is 0.164 e. The van der Waals surface area contributed by atoms with Crippen molar-refractivity contribution in [2.75, 3.05) is 0 Å². The zero-order chi connectivity index (χ0) is 37.0. The molecule has 8 aromatic carbocycles. The van der Waals surface area contributed by atoms with Gasteiger partial charge in [-0.05, 0) is 64.7 Å². The van der Waals surface area contributed by atoms with E-state index in [1.54, 1.807) is 0 Å². The number of hydrogen-bond donors (Lipinski definition) is 0. The zero-order valence-electron chi connectivity index (χ0n) is 30.2. The van der Waals surface area contributed by atoms with Gasteiger partial charge in [-0.1, -0.05) is 152 Å². The second-order valence-corrected chi connectivity index (χ2v) is 15.1. The first-order valence-corrected chi connectivity index (χ1v) is 19.6. The van der Waals surface area contributed by atoms with E-state index in [0.29, 0.717) is 17.5 Å².